The lowest BCUT2D eigenvalue weighted by molar-refractivity contribution is -0.137. The van der Waals surface area contributed by atoms with Crippen molar-refractivity contribution in [2.75, 3.05) is 35.3 Å². The minimum absolute atomic E-state index is 0.200. The number of rotatable bonds is 7. The van der Waals surface area contributed by atoms with E-state index < -0.39 is 44.7 Å². The van der Waals surface area contributed by atoms with Gasteiger partial charge in [0.25, 0.3) is 5.91 Å². The second kappa shape index (κ2) is 8.49. The minimum Gasteiger partial charge on any atom is -0.367 e. The van der Waals surface area contributed by atoms with E-state index in [0.717, 1.165) is 37.7 Å². The number of nitrogens with one attached hydrogen (secondary N) is 2. The number of hydrogen-bond acceptors (Lipinski definition) is 6. The van der Waals surface area contributed by atoms with Gasteiger partial charge in [-0.1, -0.05) is 12.8 Å². The van der Waals surface area contributed by atoms with Crippen molar-refractivity contribution in [1.82, 2.24) is 15.1 Å². The van der Waals surface area contributed by atoms with E-state index in [2.05, 4.69) is 15.7 Å². The molecule has 9 nitrogen and oxygen atoms in total. The van der Waals surface area contributed by atoms with Gasteiger partial charge in [0.2, 0.25) is 5.91 Å². The molecule has 1 aliphatic carbocycles. The van der Waals surface area contributed by atoms with Crippen LogP contribution in [-0.2, 0) is 33.8 Å². The van der Waals surface area contributed by atoms with Crippen molar-refractivity contribution < 1.29 is 31.2 Å². The smallest absolute Gasteiger partial charge is 0.367 e. The molecule has 1 saturated carbocycles. The number of carbonyl (C=O) groups excluding carboxylic acids is 2. The van der Waals surface area contributed by atoms with Gasteiger partial charge in [-0.2, -0.15) is 18.3 Å². The fourth-order valence-corrected chi connectivity index (χ4v) is 5.42. The van der Waals surface area contributed by atoms with Crippen LogP contribution in [0.1, 0.15) is 40.9 Å². The average molecular weight is 526 g/mol. The summed E-state index contributed by atoms with van der Waals surface area (Å²) in [6.07, 6.45) is 0.0257. The third-order valence-corrected chi connectivity index (χ3v) is 7.57. The summed E-state index contributed by atoms with van der Waals surface area (Å²) in [6, 6.07) is 4.89. The van der Waals surface area contributed by atoms with Crippen molar-refractivity contribution in [1.29, 1.82) is 0 Å². The van der Waals surface area contributed by atoms with Crippen LogP contribution in [0, 0.1) is 5.92 Å². The Hall–Kier alpha value is -3.09. The number of fused-ring (bicyclic) bond motifs is 1. The summed E-state index contributed by atoms with van der Waals surface area (Å²) in [6.45, 7) is 1.28. The van der Waals surface area contributed by atoms with E-state index in [1.807, 2.05) is 4.90 Å². The first kappa shape index (κ1) is 24.6. The van der Waals surface area contributed by atoms with Crippen molar-refractivity contribution >= 4 is 33.2 Å². The van der Waals surface area contributed by atoms with Gasteiger partial charge in [0.05, 0.1) is 16.8 Å². The van der Waals surface area contributed by atoms with E-state index in [9.17, 15) is 31.2 Å². The fraction of sp³-hybridized carbons (Fsp3) is 0.522. The SMILES string of the molecule is CS(=O)(=O)CC(=O)Nc1c2c(nn1CCC1CC1)CC1(CN(c3ccc(C(F)(F)F)cc3)C1)NC2=O. The molecular formula is C23H26F3N5O4S. The second-order valence-electron chi connectivity index (χ2n) is 10.1. The van der Waals surface area contributed by atoms with E-state index in [0.29, 0.717) is 43.4 Å². The minimum atomic E-state index is -4.41. The van der Waals surface area contributed by atoms with Crippen LogP contribution in [0.3, 0.4) is 0 Å². The standard InChI is InChI=1S/C23H26F3N5O4S/c1-36(34,35)11-18(32)27-20-19-17(29-31(20)9-8-14-2-3-14)10-22(28-21(19)33)12-30(13-22)16-6-4-15(5-7-16)23(24,25)26/h4-7,14H,2-3,8-13H2,1H3,(H,27,32)(H,28,33). The highest BCUT2D eigenvalue weighted by Gasteiger charge is 2.50. The van der Waals surface area contributed by atoms with Crippen LogP contribution >= 0.6 is 0 Å². The first-order valence-electron chi connectivity index (χ1n) is 11.6. The molecule has 0 bridgehead atoms. The molecular weight excluding hydrogens is 499 g/mol. The van der Waals surface area contributed by atoms with Gasteiger partial charge in [0.1, 0.15) is 17.1 Å². The molecule has 3 aliphatic rings. The van der Waals surface area contributed by atoms with Crippen LogP contribution in [0.4, 0.5) is 24.7 Å². The molecule has 2 N–H and O–H groups in total. The van der Waals surface area contributed by atoms with Gasteiger partial charge in [0.15, 0.2) is 9.84 Å². The third kappa shape index (κ3) is 5.06. The number of aryl methyl sites for hydroxylation is 1. The van der Waals surface area contributed by atoms with Crippen molar-refractivity contribution in [2.24, 2.45) is 5.92 Å². The van der Waals surface area contributed by atoms with Crippen LogP contribution in [-0.4, -0.2) is 60.6 Å². The van der Waals surface area contributed by atoms with E-state index >= 15 is 0 Å². The van der Waals surface area contributed by atoms with Gasteiger partial charge in [-0.3, -0.25) is 9.59 Å². The van der Waals surface area contributed by atoms with E-state index in [1.54, 1.807) is 4.68 Å². The van der Waals surface area contributed by atoms with Gasteiger partial charge in [0, 0.05) is 38.0 Å². The zero-order valence-corrected chi connectivity index (χ0v) is 20.4. The Kier molecular flexibility index (Phi) is 5.80. The molecule has 1 aromatic heterocycles. The normalized spacial score (nSPS) is 19.0. The maximum Gasteiger partial charge on any atom is 0.416 e. The summed E-state index contributed by atoms with van der Waals surface area (Å²) in [4.78, 5) is 27.4. The summed E-state index contributed by atoms with van der Waals surface area (Å²) in [5, 5.41) is 10.2. The Morgan fingerprint density at radius 1 is 1.22 bits per heavy atom. The zero-order valence-electron chi connectivity index (χ0n) is 19.6. The summed E-state index contributed by atoms with van der Waals surface area (Å²) < 4.78 is 63.3. The van der Waals surface area contributed by atoms with Crippen molar-refractivity contribution in [2.45, 2.75) is 43.9 Å². The molecule has 1 saturated heterocycles. The van der Waals surface area contributed by atoms with Crippen molar-refractivity contribution in [3.63, 3.8) is 0 Å². The molecule has 2 fully saturated rings. The summed E-state index contributed by atoms with van der Waals surface area (Å²) in [7, 11) is -3.56. The molecule has 3 heterocycles. The molecule has 36 heavy (non-hydrogen) atoms. The van der Waals surface area contributed by atoms with Gasteiger partial charge < -0.3 is 15.5 Å². The molecule has 13 heteroatoms. The fourth-order valence-electron chi connectivity index (χ4n) is 4.87. The van der Waals surface area contributed by atoms with E-state index in [-0.39, 0.29) is 11.4 Å². The molecule has 5 rings (SSSR count). The zero-order chi connectivity index (χ0) is 25.9. The van der Waals surface area contributed by atoms with Gasteiger partial charge in [-0.15, -0.1) is 0 Å². The number of amides is 2. The molecule has 194 valence electrons. The van der Waals surface area contributed by atoms with Crippen LogP contribution in [0.5, 0.6) is 0 Å². The Morgan fingerprint density at radius 3 is 2.47 bits per heavy atom. The van der Waals surface area contributed by atoms with Gasteiger partial charge >= 0.3 is 6.18 Å². The first-order chi connectivity index (χ1) is 16.8. The number of benzene rings is 1. The number of nitrogens with zero attached hydrogens (tertiary/aromatic N) is 3. The Bertz CT molecular complexity index is 1310. The Labute approximate surface area is 205 Å². The number of anilines is 2. The Morgan fingerprint density at radius 2 is 1.89 bits per heavy atom. The number of halogens is 3. The molecule has 0 radical (unpaired) electrons. The highest BCUT2D eigenvalue weighted by Crippen LogP contribution is 2.38. The molecule has 0 atom stereocenters. The predicted molar refractivity (Wildman–Crippen MR) is 125 cm³/mol. The molecule has 2 amide bonds. The molecule has 1 spiro atoms. The summed E-state index contributed by atoms with van der Waals surface area (Å²) >= 11 is 0. The van der Waals surface area contributed by atoms with Crippen LogP contribution in [0.2, 0.25) is 0 Å². The maximum atomic E-state index is 13.2. The number of sulfone groups is 1. The van der Waals surface area contributed by atoms with E-state index in [1.165, 1.54) is 12.1 Å². The number of alkyl halides is 3. The van der Waals surface area contributed by atoms with E-state index in [4.69, 9.17) is 0 Å². The largest absolute Gasteiger partial charge is 0.416 e. The van der Waals surface area contributed by atoms with Crippen molar-refractivity contribution in [3.8, 4) is 0 Å². The van der Waals surface area contributed by atoms with Gasteiger partial charge in [-0.25, -0.2) is 13.1 Å². The van der Waals surface area contributed by atoms with Crippen molar-refractivity contribution in [3.05, 3.63) is 41.1 Å². The Balaban J connectivity index is 1.34. The van der Waals surface area contributed by atoms with Crippen LogP contribution in [0.25, 0.3) is 0 Å². The molecule has 1 aromatic carbocycles. The second-order valence-corrected chi connectivity index (χ2v) is 12.2. The third-order valence-electron chi connectivity index (χ3n) is 6.78. The molecule has 2 aromatic rings. The first-order valence-corrected chi connectivity index (χ1v) is 13.7. The monoisotopic (exact) mass is 525 g/mol. The van der Waals surface area contributed by atoms with Gasteiger partial charge in [-0.05, 0) is 36.6 Å². The maximum absolute atomic E-state index is 13.2. The quantitative estimate of drug-likeness (QED) is 0.573. The lowest BCUT2D eigenvalue weighted by Crippen LogP contribution is -2.73. The summed E-state index contributed by atoms with van der Waals surface area (Å²) in [5.41, 5.74) is 0.00964. The highest BCUT2D eigenvalue weighted by atomic mass is 32.2. The average Bonchev–Trinajstić information content (AvgIpc) is 3.50. The number of aromatic nitrogens is 2. The molecule has 0 unspecified atom stereocenters. The number of hydrogen-bond donors (Lipinski definition) is 2. The topological polar surface area (TPSA) is 113 Å². The lowest BCUT2D eigenvalue weighted by Gasteiger charge is -2.53. The molecule has 2 aliphatic heterocycles. The summed E-state index contributed by atoms with van der Waals surface area (Å²) in [5.74, 6) is -1.09. The lowest BCUT2D eigenvalue weighted by atomic mass is 9.80. The van der Waals surface area contributed by atoms with Crippen LogP contribution in [0.15, 0.2) is 24.3 Å². The van der Waals surface area contributed by atoms with Crippen LogP contribution < -0.4 is 15.5 Å². The predicted octanol–water partition coefficient (Wildman–Crippen LogP) is 2.23. The number of carbonyl (C=O) groups is 2. The highest BCUT2D eigenvalue weighted by molar-refractivity contribution is 7.91.